The highest BCUT2D eigenvalue weighted by Crippen LogP contribution is 2.39. The molecule has 1 fully saturated rings. The van der Waals surface area contributed by atoms with Crippen molar-refractivity contribution in [3.63, 3.8) is 0 Å². The summed E-state index contributed by atoms with van der Waals surface area (Å²) in [6, 6.07) is 16.3. The molecule has 7 rings (SSSR count). The lowest BCUT2D eigenvalue weighted by Gasteiger charge is -2.39. The van der Waals surface area contributed by atoms with E-state index in [0.717, 1.165) is 72.9 Å². The molecule has 1 aliphatic heterocycles. The molecular weight excluding hydrogens is 687 g/mol. The lowest BCUT2D eigenvalue weighted by Crippen LogP contribution is -2.44. The second-order valence-electron chi connectivity index (χ2n) is 15.5. The van der Waals surface area contributed by atoms with Gasteiger partial charge in [-0.1, -0.05) is 45.0 Å². The van der Waals surface area contributed by atoms with Crippen LogP contribution in [-0.2, 0) is 16.8 Å². The number of hydrogen-bond donors (Lipinski definition) is 3. The highest BCUT2D eigenvalue weighted by Gasteiger charge is 2.32. The summed E-state index contributed by atoms with van der Waals surface area (Å²) < 4.78 is 12.4. The van der Waals surface area contributed by atoms with E-state index in [0.29, 0.717) is 23.7 Å². The molecule has 1 saturated heterocycles. The Morgan fingerprint density at radius 1 is 1.00 bits per heavy atom. The van der Waals surface area contributed by atoms with Gasteiger partial charge >= 0.3 is 6.03 Å². The molecule has 0 spiro atoms. The number of pyridine rings is 1. The van der Waals surface area contributed by atoms with Crippen molar-refractivity contribution in [2.45, 2.75) is 103 Å². The van der Waals surface area contributed by atoms with E-state index >= 15 is 0 Å². The van der Waals surface area contributed by atoms with Gasteiger partial charge in [0.2, 0.25) is 5.95 Å². The van der Waals surface area contributed by atoms with E-state index in [9.17, 15) is 4.79 Å². The van der Waals surface area contributed by atoms with Gasteiger partial charge in [-0.3, -0.25) is 19.2 Å². The highest BCUT2D eigenvalue weighted by atomic mass is 16.5. The average molecular weight is 740 g/mol. The minimum atomic E-state index is -0.297. The summed E-state index contributed by atoms with van der Waals surface area (Å²) in [6.45, 7) is 12.2. The van der Waals surface area contributed by atoms with Crippen LogP contribution in [0.3, 0.4) is 0 Å². The van der Waals surface area contributed by atoms with Crippen molar-refractivity contribution < 1.29 is 19.4 Å². The maximum Gasteiger partial charge on any atom is 0.320 e. The van der Waals surface area contributed by atoms with Crippen molar-refractivity contribution in [2.75, 3.05) is 30.9 Å². The monoisotopic (exact) mass is 739 g/mol. The molecule has 2 aliphatic rings. The van der Waals surface area contributed by atoms with Crippen LogP contribution < -0.4 is 20.3 Å². The van der Waals surface area contributed by atoms with Crippen molar-refractivity contribution in [3.8, 4) is 11.6 Å². The Morgan fingerprint density at radius 3 is 2.43 bits per heavy atom. The third-order valence-electron chi connectivity index (χ3n) is 10.1. The number of fused-ring (bicyclic) bond motifs is 2. The molecule has 15 nitrogen and oxygen atoms in total. The number of hydrogen-bond acceptors (Lipinski definition) is 9. The average Bonchev–Trinajstić information content (AvgIpc) is 3.88. The van der Waals surface area contributed by atoms with Crippen LogP contribution in [0.2, 0.25) is 0 Å². The zero-order chi connectivity index (χ0) is 38.6. The number of carboxylic acid groups (broad SMARTS) is 1. The van der Waals surface area contributed by atoms with Gasteiger partial charge in [0.25, 0.3) is 6.47 Å². The van der Waals surface area contributed by atoms with Crippen LogP contribution in [0.25, 0.3) is 11.5 Å². The predicted molar refractivity (Wildman–Crippen MR) is 207 cm³/mol. The number of piperidine rings is 1. The third-order valence-corrected chi connectivity index (χ3v) is 10.1. The van der Waals surface area contributed by atoms with Crippen molar-refractivity contribution in [3.05, 3.63) is 77.7 Å². The summed E-state index contributed by atoms with van der Waals surface area (Å²) in [4.78, 5) is 26.5. The Balaban J connectivity index is 0.00000160. The molecule has 0 bridgehead atoms. The summed E-state index contributed by atoms with van der Waals surface area (Å²) in [7, 11) is 4.08. The first-order valence-corrected chi connectivity index (χ1v) is 18.7. The van der Waals surface area contributed by atoms with Crippen LogP contribution in [0.4, 0.5) is 16.6 Å². The number of aromatic nitrogens is 7. The normalized spacial score (nSPS) is 19.9. The van der Waals surface area contributed by atoms with Gasteiger partial charge in [-0.25, -0.2) is 4.79 Å². The first kappa shape index (κ1) is 38.3. The van der Waals surface area contributed by atoms with Gasteiger partial charge in [0.15, 0.2) is 11.5 Å². The number of nitrogens with one attached hydrogen (secondary N) is 2. The lowest BCUT2D eigenvalue weighted by atomic mass is 9.85. The molecule has 2 amide bonds. The molecule has 15 heteroatoms. The van der Waals surface area contributed by atoms with Crippen LogP contribution in [0.1, 0.15) is 95.7 Å². The van der Waals surface area contributed by atoms with E-state index in [-0.39, 0.29) is 30.1 Å². The number of carbonyl (C=O) groups is 2. The van der Waals surface area contributed by atoms with Crippen molar-refractivity contribution in [1.29, 1.82) is 0 Å². The Labute approximate surface area is 316 Å². The van der Waals surface area contributed by atoms with Crippen LogP contribution in [0.15, 0.2) is 60.9 Å². The second-order valence-corrected chi connectivity index (χ2v) is 15.5. The van der Waals surface area contributed by atoms with Crippen LogP contribution >= 0.6 is 0 Å². The number of ether oxygens (including phenoxy) is 1. The first-order valence-electron chi connectivity index (χ1n) is 18.7. The summed E-state index contributed by atoms with van der Waals surface area (Å²) in [5.74, 6) is 2.84. The van der Waals surface area contributed by atoms with Gasteiger partial charge in [-0.2, -0.15) is 14.9 Å². The highest BCUT2D eigenvalue weighted by molar-refractivity contribution is 5.89. The number of benzene rings is 1. The SMILES string of the molecule is CC1CCCC(C)N1c1nnc2ccc(OC3CCC(NC(=O)Nc4cc(C(C)(C)C)nn4-c4ccn(CCN(C)C)n4)c4ccccc43)cn12.O=CO. The molecule has 288 valence electrons. The third kappa shape index (κ3) is 8.51. The Morgan fingerprint density at radius 2 is 1.72 bits per heavy atom. The lowest BCUT2D eigenvalue weighted by molar-refractivity contribution is -0.122. The first-order chi connectivity index (χ1) is 25.9. The molecule has 4 atom stereocenters. The van der Waals surface area contributed by atoms with E-state index in [4.69, 9.17) is 24.8 Å². The number of carbonyl (C=O) groups excluding carboxylic acids is 1. The van der Waals surface area contributed by atoms with E-state index in [2.05, 4.69) is 81.8 Å². The molecule has 1 aromatic carbocycles. The van der Waals surface area contributed by atoms with E-state index in [1.54, 1.807) is 4.68 Å². The maximum absolute atomic E-state index is 13.7. The standard InChI is InChI=1S/C38H51N11O2.CH2O2/c1-25-11-10-12-26(2)48(25)37-42-41-33-18-15-27(24-47(33)37)51-31-17-16-30(28-13-8-9-14-29(28)31)39-36(50)40-35-23-32(38(3,4)5)43-49(35)34-19-20-46(44-34)22-21-45(6)7;2-1-3/h8-9,13-15,18-20,23-26,30-31H,10-12,16-17,21-22H2,1-7H3,(H2,39,40,50);1H,(H,2,3). The molecule has 0 saturated carbocycles. The van der Waals surface area contributed by atoms with Gasteiger partial charge in [0, 0.05) is 42.4 Å². The fourth-order valence-corrected chi connectivity index (χ4v) is 7.32. The summed E-state index contributed by atoms with van der Waals surface area (Å²) in [5, 5.41) is 31.9. The minimum absolute atomic E-state index is 0.161. The number of rotatable bonds is 9. The molecule has 4 unspecified atom stereocenters. The molecule has 5 heterocycles. The van der Waals surface area contributed by atoms with Crippen LogP contribution in [0, 0.1) is 0 Å². The molecule has 4 aromatic heterocycles. The Hall–Kier alpha value is -5.44. The fourth-order valence-electron chi connectivity index (χ4n) is 7.32. The second kappa shape index (κ2) is 16.3. The zero-order valence-electron chi connectivity index (χ0n) is 32.3. The van der Waals surface area contributed by atoms with Crippen molar-refractivity contribution >= 4 is 29.9 Å². The summed E-state index contributed by atoms with van der Waals surface area (Å²) >= 11 is 0. The topological polar surface area (TPSA) is 160 Å². The molecule has 3 N–H and O–H groups in total. The largest absolute Gasteiger partial charge is 0.484 e. The van der Waals surface area contributed by atoms with Gasteiger partial charge in [-0.15, -0.1) is 10.2 Å². The number of likely N-dealkylation sites (N-methyl/N-ethyl adjacent to an activating group) is 1. The quantitative estimate of drug-likeness (QED) is 0.148. The number of amides is 2. The number of anilines is 2. The fraction of sp³-hybridized carbons (Fsp3) is 0.487. The predicted octanol–water partition coefficient (Wildman–Crippen LogP) is 6.22. The van der Waals surface area contributed by atoms with Gasteiger partial charge in [-0.05, 0) is 83.3 Å². The van der Waals surface area contributed by atoms with E-state index < -0.39 is 0 Å². The maximum atomic E-state index is 13.7. The van der Waals surface area contributed by atoms with Crippen molar-refractivity contribution in [2.24, 2.45) is 0 Å². The van der Waals surface area contributed by atoms with E-state index in [1.807, 2.05) is 67.6 Å². The van der Waals surface area contributed by atoms with Crippen LogP contribution in [-0.4, -0.2) is 89.4 Å². The zero-order valence-corrected chi connectivity index (χ0v) is 32.3. The molecule has 5 aromatic rings. The van der Waals surface area contributed by atoms with Crippen LogP contribution in [0.5, 0.6) is 5.75 Å². The number of urea groups is 1. The minimum Gasteiger partial charge on any atom is -0.484 e. The van der Waals surface area contributed by atoms with E-state index in [1.165, 1.54) is 6.42 Å². The van der Waals surface area contributed by atoms with Gasteiger partial charge in [0.05, 0.1) is 24.5 Å². The van der Waals surface area contributed by atoms with Crippen molar-refractivity contribution in [1.82, 2.24) is 44.4 Å². The molecule has 0 radical (unpaired) electrons. The number of nitrogens with zero attached hydrogens (tertiary/aromatic N) is 9. The summed E-state index contributed by atoms with van der Waals surface area (Å²) in [5.41, 5.74) is 3.57. The van der Waals surface area contributed by atoms with Gasteiger partial charge < -0.3 is 25.0 Å². The van der Waals surface area contributed by atoms with Gasteiger partial charge in [0.1, 0.15) is 17.7 Å². The summed E-state index contributed by atoms with van der Waals surface area (Å²) in [6.07, 6.45) is 8.78. The molecular formula is C39H53N11O4. The molecule has 1 aliphatic carbocycles. The Kier molecular flexibility index (Phi) is 11.5. The Bertz CT molecular complexity index is 2030. The molecule has 54 heavy (non-hydrogen) atoms. The smallest absolute Gasteiger partial charge is 0.320 e.